The van der Waals surface area contributed by atoms with Crippen molar-refractivity contribution in [1.82, 2.24) is 15.3 Å². The van der Waals surface area contributed by atoms with E-state index in [2.05, 4.69) is 27.4 Å². The minimum atomic E-state index is -0.648. The maximum absolute atomic E-state index is 13.1. The van der Waals surface area contributed by atoms with Crippen LogP contribution in [0.5, 0.6) is 5.75 Å². The number of rotatable bonds is 13. The summed E-state index contributed by atoms with van der Waals surface area (Å²) in [5.41, 5.74) is 5.01. The maximum atomic E-state index is 13.1. The van der Waals surface area contributed by atoms with Gasteiger partial charge in [0.05, 0.1) is 18.0 Å². The molecule has 1 atom stereocenters. The van der Waals surface area contributed by atoms with Crippen LogP contribution in [0.2, 0.25) is 0 Å². The summed E-state index contributed by atoms with van der Waals surface area (Å²) in [6.07, 6.45) is 8.70. The van der Waals surface area contributed by atoms with Crippen LogP contribution >= 0.6 is 37.2 Å². The summed E-state index contributed by atoms with van der Waals surface area (Å²) in [6, 6.07) is 13.9. The van der Waals surface area contributed by atoms with E-state index in [0.717, 1.165) is 49.4 Å². The van der Waals surface area contributed by atoms with Gasteiger partial charge in [-0.15, -0.1) is 37.2 Å². The second-order valence-electron chi connectivity index (χ2n) is 9.67. The van der Waals surface area contributed by atoms with Gasteiger partial charge in [-0.3, -0.25) is 19.6 Å². The first kappa shape index (κ1) is 37.1. The molecule has 0 saturated carbocycles. The van der Waals surface area contributed by atoms with Crippen LogP contribution in [0.25, 0.3) is 0 Å². The van der Waals surface area contributed by atoms with E-state index >= 15 is 0 Å². The van der Waals surface area contributed by atoms with Gasteiger partial charge >= 0.3 is 0 Å². The van der Waals surface area contributed by atoms with Crippen LogP contribution in [0.3, 0.4) is 0 Å². The van der Waals surface area contributed by atoms with Crippen LogP contribution in [-0.4, -0.2) is 48.0 Å². The molecular weight excluding hydrogens is 597 g/mol. The first-order valence-corrected chi connectivity index (χ1v) is 14.0. The maximum Gasteiger partial charge on any atom is 0.239 e. The molecule has 3 aromatic rings. The number of nitrogens with one attached hydrogen (secondary N) is 1. The number of benzene rings is 1. The molecule has 0 spiro atoms. The summed E-state index contributed by atoms with van der Waals surface area (Å²) in [5.74, 6) is -0.215. The van der Waals surface area contributed by atoms with Crippen molar-refractivity contribution < 1.29 is 14.3 Å². The number of nitrogens with zero attached hydrogens (tertiary/aromatic N) is 4. The van der Waals surface area contributed by atoms with Crippen molar-refractivity contribution in [2.45, 2.75) is 53.0 Å². The van der Waals surface area contributed by atoms with E-state index in [9.17, 15) is 9.59 Å². The van der Waals surface area contributed by atoms with Gasteiger partial charge in [0, 0.05) is 50.0 Å². The van der Waals surface area contributed by atoms with E-state index in [1.54, 1.807) is 16.0 Å². The van der Waals surface area contributed by atoms with Gasteiger partial charge in [-0.05, 0) is 87.5 Å². The molecule has 1 unspecified atom stereocenters. The van der Waals surface area contributed by atoms with Crippen LogP contribution in [0.15, 0.2) is 61.1 Å². The third-order valence-corrected chi connectivity index (χ3v) is 7.07. The van der Waals surface area contributed by atoms with Gasteiger partial charge in [0.2, 0.25) is 11.8 Å². The number of aryl methyl sites for hydroxylation is 2. The molecule has 8 nitrogen and oxygen atoms in total. The second-order valence-corrected chi connectivity index (χ2v) is 9.67. The Balaban J connectivity index is 0.00000294. The van der Waals surface area contributed by atoms with Crippen molar-refractivity contribution in [1.29, 1.82) is 0 Å². The Hall–Kier alpha value is -2.91. The summed E-state index contributed by atoms with van der Waals surface area (Å²) in [7, 11) is 0. The van der Waals surface area contributed by atoms with Crippen LogP contribution < -0.4 is 19.9 Å². The highest BCUT2D eigenvalue weighted by atomic mass is 35.5. The van der Waals surface area contributed by atoms with Gasteiger partial charge in [-0.2, -0.15) is 0 Å². The first-order valence-electron chi connectivity index (χ1n) is 14.0. The largest absolute Gasteiger partial charge is 0.493 e. The van der Waals surface area contributed by atoms with E-state index in [-0.39, 0.29) is 49.0 Å². The Labute approximate surface area is 267 Å². The fraction of sp³-hybridized carbons (Fsp3) is 0.419. The van der Waals surface area contributed by atoms with E-state index in [1.807, 2.05) is 63.5 Å². The highest BCUT2D eigenvalue weighted by Crippen LogP contribution is 2.38. The van der Waals surface area contributed by atoms with Crippen LogP contribution in [0.1, 0.15) is 50.4 Å². The second kappa shape index (κ2) is 18.6. The summed E-state index contributed by atoms with van der Waals surface area (Å²) < 4.78 is 6.04. The molecule has 1 aromatic carbocycles. The lowest BCUT2D eigenvalue weighted by Gasteiger charge is -2.24. The number of carbonyl (C=O) groups excluding carboxylic acids is 2. The highest BCUT2D eigenvalue weighted by molar-refractivity contribution is 6.17. The zero-order valence-corrected chi connectivity index (χ0v) is 26.9. The molecule has 2 amide bonds. The third-order valence-electron chi connectivity index (χ3n) is 7.07. The van der Waals surface area contributed by atoms with E-state index in [1.165, 1.54) is 11.1 Å². The summed E-state index contributed by atoms with van der Waals surface area (Å²) in [4.78, 5) is 38.3. The van der Waals surface area contributed by atoms with Crippen LogP contribution in [0, 0.1) is 5.92 Å². The zero-order valence-electron chi connectivity index (χ0n) is 24.5. The Kier molecular flexibility index (Phi) is 16.4. The molecule has 0 bridgehead atoms. The van der Waals surface area contributed by atoms with Crippen molar-refractivity contribution in [3.63, 3.8) is 0 Å². The molecule has 0 aliphatic carbocycles. The molecule has 42 heavy (non-hydrogen) atoms. The summed E-state index contributed by atoms with van der Waals surface area (Å²) in [6.45, 7) is 8.91. The lowest BCUT2D eigenvalue weighted by Crippen LogP contribution is -2.41. The van der Waals surface area contributed by atoms with Crippen LogP contribution in [0.4, 0.5) is 11.4 Å². The summed E-state index contributed by atoms with van der Waals surface area (Å²) >= 11 is 0. The fourth-order valence-electron chi connectivity index (χ4n) is 4.97. The lowest BCUT2D eigenvalue weighted by atomic mass is 10.0. The Morgan fingerprint density at radius 3 is 2.26 bits per heavy atom. The Morgan fingerprint density at radius 1 is 0.857 bits per heavy atom. The molecular formula is C31H42Cl3N5O3. The normalized spacial score (nSPS) is 14.2. The van der Waals surface area contributed by atoms with Crippen LogP contribution in [-0.2, 0) is 29.0 Å². The summed E-state index contributed by atoms with van der Waals surface area (Å²) in [5, 5.41) is 3.48. The van der Waals surface area contributed by atoms with Crippen molar-refractivity contribution in [2.24, 2.45) is 5.92 Å². The van der Waals surface area contributed by atoms with Gasteiger partial charge in [0.25, 0.3) is 0 Å². The van der Waals surface area contributed by atoms with Gasteiger partial charge in [0.15, 0.2) is 0 Å². The standard InChI is InChI=1S/C31H39N5O3.3ClH/c1-4-27-30(37)35(5-2)28-13-12-26(20-29(28)36(6-3)31(27)38)39-18-8-16-33-22-24-14-17-34-25(19-24)11-10-23-9-7-15-32-21-23;;;/h7,9,12-15,17,19-21,27,33H,4-6,8,10-11,16,18,22H2,1-3H3;3*1H. The van der Waals surface area contributed by atoms with Gasteiger partial charge in [-0.25, -0.2) is 0 Å². The molecule has 0 saturated heterocycles. The van der Waals surface area contributed by atoms with Gasteiger partial charge in [-0.1, -0.05) is 13.0 Å². The number of hydrogen-bond acceptors (Lipinski definition) is 6. The molecule has 0 radical (unpaired) electrons. The average molecular weight is 639 g/mol. The lowest BCUT2D eigenvalue weighted by molar-refractivity contribution is -0.132. The van der Waals surface area contributed by atoms with E-state index < -0.39 is 5.92 Å². The molecule has 0 fully saturated rings. The average Bonchev–Trinajstić information content (AvgIpc) is 3.04. The topological polar surface area (TPSA) is 87.7 Å². The fourth-order valence-corrected chi connectivity index (χ4v) is 4.97. The smallest absolute Gasteiger partial charge is 0.239 e. The van der Waals surface area contributed by atoms with Crippen molar-refractivity contribution >= 4 is 60.4 Å². The first-order chi connectivity index (χ1) is 19.0. The van der Waals surface area contributed by atoms with Gasteiger partial charge < -0.3 is 19.9 Å². The highest BCUT2D eigenvalue weighted by Gasteiger charge is 2.38. The molecule has 1 aliphatic rings. The molecule has 230 valence electrons. The van der Waals surface area contributed by atoms with Crippen molar-refractivity contribution in [3.8, 4) is 5.75 Å². The number of amides is 2. The van der Waals surface area contributed by atoms with E-state index in [4.69, 9.17) is 4.74 Å². The van der Waals surface area contributed by atoms with Crippen molar-refractivity contribution in [2.75, 3.05) is 36.0 Å². The molecule has 4 rings (SSSR count). The Bertz CT molecular complexity index is 1270. The molecule has 1 aliphatic heterocycles. The number of pyridine rings is 2. The third kappa shape index (κ3) is 9.30. The Morgan fingerprint density at radius 2 is 1.60 bits per heavy atom. The zero-order chi connectivity index (χ0) is 27.6. The quantitative estimate of drug-likeness (QED) is 0.187. The minimum Gasteiger partial charge on any atom is -0.493 e. The number of fused-ring (bicyclic) bond motifs is 1. The molecule has 11 heteroatoms. The monoisotopic (exact) mass is 637 g/mol. The molecule has 3 heterocycles. The number of halogens is 3. The van der Waals surface area contributed by atoms with Crippen molar-refractivity contribution in [3.05, 3.63) is 77.9 Å². The predicted molar refractivity (Wildman–Crippen MR) is 176 cm³/mol. The predicted octanol–water partition coefficient (Wildman–Crippen LogP) is 5.83. The number of ether oxygens (including phenoxy) is 1. The number of anilines is 2. The SMILES string of the molecule is CCC1C(=O)N(CC)c2ccc(OCCCNCc3ccnc(CCc4cccnc4)c3)cc2N(CC)C1=O.Cl.Cl.Cl. The van der Waals surface area contributed by atoms with Gasteiger partial charge in [0.1, 0.15) is 11.7 Å². The molecule has 2 aromatic heterocycles. The van der Waals surface area contributed by atoms with E-state index in [0.29, 0.717) is 31.9 Å². The number of aromatic nitrogens is 2. The number of hydrogen-bond donors (Lipinski definition) is 1. The number of carbonyl (C=O) groups is 2. The molecule has 1 N–H and O–H groups in total. The minimum absolute atomic E-state index is 0.